The SMILES string of the molecule is C=CCN(Cc1cccn1Cc1cccc(C)c1)C(=O)Nc1ccc(C)cc1C. The molecule has 0 saturated heterocycles. The lowest BCUT2D eigenvalue weighted by Gasteiger charge is -2.23. The molecule has 1 heterocycles. The van der Waals surface area contributed by atoms with Gasteiger partial charge in [0.05, 0.1) is 6.54 Å². The Bertz CT molecular complexity index is 1000. The van der Waals surface area contributed by atoms with E-state index >= 15 is 0 Å². The highest BCUT2D eigenvalue weighted by molar-refractivity contribution is 5.90. The molecule has 29 heavy (non-hydrogen) atoms. The number of rotatable bonds is 7. The maximum absolute atomic E-state index is 12.9. The van der Waals surface area contributed by atoms with Crippen LogP contribution in [0.4, 0.5) is 10.5 Å². The lowest BCUT2D eigenvalue weighted by atomic mass is 10.1. The summed E-state index contributed by atoms with van der Waals surface area (Å²) >= 11 is 0. The van der Waals surface area contributed by atoms with E-state index < -0.39 is 0 Å². The first-order valence-electron chi connectivity index (χ1n) is 9.90. The minimum absolute atomic E-state index is 0.125. The highest BCUT2D eigenvalue weighted by Gasteiger charge is 2.16. The van der Waals surface area contributed by atoms with Gasteiger partial charge in [-0.1, -0.05) is 53.6 Å². The van der Waals surface area contributed by atoms with Crippen LogP contribution in [0.3, 0.4) is 0 Å². The van der Waals surface area contributed by atoms with Gasteiger partial charge in [-0.05, 0) is 50.1 Å². The predicted octanol–water partition coefficient (Wildman–Crippen LogP) is 5.68. The molecule has 0 aliphatic heterocycles. The van der Waals surface area contributed by atoms with E-state index in [1.165, 1.54) is 16.7 Å². The lowest BCUT2D eigenvalue weighted by Crippen LogP contribution is -2.35. The molecule has 0 radical (unpaired) electrons. The number of hydrogen-bond donors (Lipinski definition) is 1. The average Bonchev–Trinajstić information content (AvgIpc) is 3.10. The van der Waals surface area contributed by atoms with Crippen molar-refractivity contribution in [3.63, 3.8) is 0 Å². The molecule has 4 nitrogen and oxygen atoms in total. The van der Waals surface area contributed by atoms with Gasteiger partial charge in [-0.25, -0.2) is 4.79 Å². The zero-order valence-corrected chi connectivity index (χ0v) is 17.5. The van der Waals surface area contributed by atoms with Crippen LogP contribution in [0.25, 0.3) is 0 Å². The Morgan fingerprint density at radius 3 is 2.59 bits per heavy atom. The lowest BCUT2D eigenvalue weighted by molar-refractivity contribution is 0.214. The number of urea groups is 1. The Morgan fingerprint density at radius 2 is 1.86 bits per heavy atom. The molecule has 2 aromatic carbocycles. The number of carbonyl (C=O) groups is 1. The number of aromatic nitrogens is 1. The summed E-state index contributed by atoms with van der Waals surface area (Å²) in [6, 6.07) is 18.5. The van der Waals surface area contributed by atoms with Crippen LogP contribution in [0.1, 0.15) is 27.9 Å². The molecule has 4 heteroatoms. The molecule has 3 rings (SSSR count). The predicted molar refractivity (Wildman–Crippen MR) is 120 cm³/mol. The van der Waals surface area contributed by atoms with Crippen molar-refractivity contribution in [3.05, 3.63) is 101 Å². The van der Waals surface area contributed by atoms with Crippen LogP contribution in [0.15, 0.2) is 73.4 Å². The Morgan fingerprint density at radius 1 is 1.07 bits per heavy atom. The first-order chi connectivity index (χ1) is 14.0. The molecule has 1 N–H and O–H groups in total. The zero-order chi connectivity index (χ0) is 20.8. The van der Waals surface area contributed by atoms with E-state index in [2.05, 4.69) is 66.0 Å². The van der Waals surface area contributed by atoms with Gasteiger partial charge in [0.15, 0.2) is 0 Å². The van der Waals surface area contributed by atoms with Gasteiger partial charge in [-0.2, -0.15) is 0 Å². The normalized spacial score (nSPS) is 10.6. The smallest absolute Gasteiger partial charge is 0.322 e. The molecule has 0 bridgehead atoms. The average molecular weight is 388 g/mol. The second kappa shape index (κ2) is 9.28. The van der Waals surface area contributed by atoms with Gasteiger partial charge in [0, 0.05) is 30.7 Å². The van der Waals surface area contributed by atoms with E-state index in [1.807, 2.05) is 32.0 Å². The van der Waals surface area contributed by atoms with Gasteiger partial charge in [-0.15, -0.1) is 6.58 Å². The third-order valence-corrected chi connectivity index (χ3v) is 4.97. The number of amides is 2. The zero-order valence-electron chi connectivity index (χ0n) is 17.5. The molecule has 2 amide bonds. The molecular formula is C25H29N3O. The minimum atomic E-state index is -0.125. The van der Waals surface area contributed by atoms with Gasteiger partial charge in [-0.3, -0.25) is 0 Å². The summed E-state index contributed by atoms with van der Waals surface area (Å²) in [6.45, 7) is 11.8. The van der Waals surface area contributed by atoms with Gasteiger partial charge in [0.2, 0.25) is 0 Å². The van der Waals surface area contributed by atoms with Crippen LogP contribution >= 0.6 is 0 Å². The van der Waals surface area contributed by atoms with Crippen molar-refractivity contribution in [2.45, 2.75) is 33.9 Å². The quantitative estimate of drug-likeness (QED) is 0.520. The standard InChI is InChI=1S/C25H29N3O/c1-5-13-28(25(29)26-24-12-11-20(3)15-21(24)4)18-23-10-7-14-27(23)17-22-9-6-8-19(2)16-22/h5-12,14-16H,1,13,17-18H2,2-4H3,(H,26,29). The number of carbonyl (C=O) groups excluding carboxylic acids is 1. The third-order valence-electron chi connectivity index (χ3n) is 4.97. The van der Waals surface area contributed by atoms with E-state index in [0.717, 1.165) is 23.5 Å². The Balaban J connectivity index is 1.74. The van der Waals surface area contributed by atoms with E-state index in [1.54, 1.807) is 11.0 Å². The Labute approximate surface area is 173 Å². The summed E-state index contributed by atoms with van der Waals surface area (Å²) in [5, 5.41) is 3.04. The molecule has 0 spiro atoms. The molecule has 3 aromatic rings. The van der Waals surface area contributed by atoms with Crippen LogP contribution in [-0.2, 0) is 13.1 Å². The van der Waals surface area contributed by atoms with Crippen LogP contribution in [0.2, 0.25) is 0 Å². The van der Waals surface area contributed by atoms with Crippen LogP contribution in [-0.4, -0.2) is 22.0 Å². The first kappa shape index (κ1) is 20.5. The fourth-order valence-electron chi connectivity index (χ4n) is 3.47. The van der Waals surface area contributed by atoms with Crippen molar-refractivity contribution in [3.8, 4) is 0 Å². The molecule has 0 aliphatic carbocycles. The fourth-order valence-corrected chi connectivity index (χ4v) is 3.47. The second-order valence-corrected chi connectivity index (χ2v) is 7.53. The molecule has 1 aromatic heterocycles. The highest BCUT2D eigenvalue weighted by atomic mass is 16.2. The molecular weight excluding hydrogens is 358 g/mol. The largest absolute Gasteiger partial charge is 0.345 e. The molecule has 0 atom stereocenters. The maximum Gasteiger partial charge on any atom is 0.322 e. The van der Waals surface area contributed by atoms with Crippen molar-refractivity contribution >= 4 is 11.7 Å². The topological polar surface area (TPSA) is 37.3 Å². The van der Waals surface area contributed by atoms with E-state index in [0.29, 0.717) is 13.1 Å². The number of hydrogen-bond acceptors (Lipinski definition) is 1. The van der Waals surface area contributed by atoms with Crippen LogP contribution in [0.5, 0.6) is 0 Å². The molecule has 0 fully saturated rings. The van der Waals surface area contributed by atoms with Gasteiger partial charge < -0.3 is 14.8 Å². The third kappa shape index (κ3) is 5.38. The molecule has 0 saturated carbocycles. The van der Waals surface area contributed by atoms with Crippen molar-refractivity contribution < 1.29 is 4.79 Å². The highest BCUT2D eigenvalue weighted by Crippen LogP contribution is 2.18. The first-order valence-corrected chi connectivity index (χ1v) is 9.90. The number of aryl methyl sites for hydroxylation is 3. The maximum atomic E-state index is 12.9. The van der Waals surface area contributed by atoms with Crippen molar-refractivity contribution in [2.75, 3.05) is 11.9 Å². The Hall–Kier alpha value is -3.27. The molecule has 150 valence electrons. The number of nitrogens with zero attached hydrogens (tertiary/aromatic N) is 2. The summed E-state index contributed by atoms with van der Waals surface area (Å²) < 4.78 is 2.19. The minimum Gasteiger partial charge on any atom is -0.345 e. The molecule has 0 unspecified atom stereocenters. The van der Waals surface area contributed by atoms with E-state index in [9.17, 15) is 4.79 Å². The van der Waals surface area contributed by atoms with E-state index in [4.69, 9.17) is 0 Å². The van der Waals surface area contributed by atoms with Crippen molar-refractivity contribution in [1.29, 1.82) is 0 Å². The number of benzene rings is 2. The summed E-state index contributed by atoms with van der Waals surface area (Å²) in [5.74, 6) is 0. The molecule has 0 aliphatic rings. The van der Waals surface area contributed by atoms with Gasteiger partial charge in [0.25, 0.3) is 0 Å². The number of anilines is 1. The monoisotopic (exact) mass is 387 g/mol. The number of nitrogens with one attached hydrogen (secondary N) is 1. The Kier molecular flexibility index (Phi) is 6.55. The van der Waals surface area contributed by atoms with Gasteiger partial charge >= 0.3 is 6.03 Å². The summed E-state index contributed by atoms with van der Waals surface area (Å²) in [6.07, 6.45) is 3.82. The van der Waals surface area contributed by atoms with Crippen LogP contribution in [0, 0.1) is 20.8 Å². The summed E-state index contributed by atoms with van der Waals surface area (Å²) in [4.78, 5) is 14.7. The van der Waals surface area contributed by atoms with E-state index in [-0.39, 0.29) is 6.03 Å². The summed E-state index contributed by atoms with van der Waals surface area (Å²) in [5.41, 5.74) is 6.65. The fraction of sp³-hybridized carbons (Fsp3) is 0.240. The summed E-state index contributed by atoms with van der Waals surface area (Å²) in [7, 11) is 0. The van der Waals surface area contributed by atoms with Crippen molar-refractivity contribution in [1.82, 2.24) is 9.47 Å². The van der Waals surface area contributed by atoms with Crippen molar-refractivity contribution in [2.24, 2.45) is 0 Å². The van der Waals surface area contributed by atoms with Gasteiger partial charge in [0.1, 0.15) is 0 Å². The van der Waals surface area contributed by atoms with Crippen LogP contribution < -0.4 is 5.32 Å². The second-order valence-electron chi connectivity index (χ2n) is 7.53.